The molecular weight excluding hydrogens is 449 g/mol. The monoisotopic (exact) mass is 478 g/mol. The Morgan fingerprint density at radius 1 is 1.00 bits per heavy atom. The summed E-state index contributed by atoms with van der Waals surface area (Å²) >= 11 is 0. The molecule has 184 valence electrons. The predicted molar refractivity (Wildman–Crippen MR) is 122 cm³/mol. The zero-order valence-electron chi connectivity index (χ0n) is 18.7. The number of ether oxygens (including phenoxy) is 1. The number of benzene rings is 2. The molecule has 1 aliphatic heterocycles. The van der Waals surface area contributed by atoms with Crippen LogP contribution in [0.3, 0.4) is 0 Å². The van der Waals surface area contributed by atoms with Gasteiger partial charge in [-0.05, 0) is 42.8 Å². The Morgan fingerprint density at radius 2 is 1.68 bits per heavy atom. The number of hydrogen-bond acceptors (Lipinski definition) is 4. The SMILES string of the molecule is O=C(Nc1ccc(C(F)(F)F)cc1)NC(Cc1ccccc1)C(=O)NCCCN1CCOCC1. The Morgan fingerprint density at radius 3 is 2.32 bits per heavy atom. The number of hydrogen-bond donors (Lipinski definition) is 3. The number of carbonyl (C=O) groups is 2. The van der Waals surface area contributed by atoms with E-state index in [0.717, 1.165) is 43.8 Å². The molecule has 2 aromatic rings. The van der Waals surface area contributed by atoms with Crippen molar-refractivity contribution >= 4 is 17.6 Å². The molecule has 2 aromatic carbocycles. The fraction of sp³-hybridized carbons (Fsp3) is 0.417. The van der Waals surface area contributed by atoms with Crippen LogP contribution in [0, 0.1) is 0 Å². The van der Waals surface area contributed by atoms with Gasteiger partial charge in [-0.1, -0.05) is 30.3 Å². The molecule has 10 heteroatoms. The van der Waals surface area contributed by atoms with Gasteiger partial charge in [0.25, 0.3) is 0 Å². The fourth-order valence-electron chi connectivity index (χ4n) is 3.59. The average molecular weight is 479 g/mol. The van der Waals surface area contributed by atoms with Crippen molar-refractivity contribution in [3.63, 3.8) is 0 Å². The van der Waals surface area contributed by atoms with E-state index < -0.39 is 23.8 Å². The van der Waals surface area contributed by atoms with Crippen LogP contribution in [0.25, 0.3) is 0 Å². The van der Waals surface area contributed by atoms with Gasteiger partial charge in [0.1, 0.15) is 6.04 Å². The zero-order valence-corrected chi connectivity index (χ0v) is 18.7. The summed E-state index contributed by atoms with van der Waals surface area (Å²) in [6.45, 7) is 4.47. The second-order valence-electron chi connectivity index (χ2n) is 8.01. The molecule has 3 amide bonds. The van der Waals surface area contributed by atoms with Crippen molar-refractivity contribution in [2.45, 2.75) is 25.1 Å². The minimum absolute atomic E-state index is 0.190. The van der Waals surface area contributed by atoms with Gasteiger partial charge in [-0.25, -0.2) is 4.79 Å². The molecule has 1 unspecified atom stereocenters. The molecular formula is C24H29F3N4O3. The van der Waals surface area contributed by atoms with Gasteiger partial charge in [-0.15, -0.1) is 0 Å². The van der Waals surface area contributed by atoms with Crippen LogP contribution in [0.1, 0.15) is 17.5 Å². The van der Waals surface area contributed by atoms with E-state index in [9.17, 15) is 22.8 Å². The first kappa shape index (κ1) is 25.5. The van der Waals surface area contributed by atoms with Crippen LogP contribution >= 0.6 is 0 Å². The fourth-order valence-corrected chi connectivity index (χ4v) is 3.59. The van der Waals surface area contributed by atoms with Crippen LogP contribution < -0.4 is 16.0 Å². The summed E-state index contributed by atoms with van der Waals surface area (Å²) in [5, 5.41) is 8.00. The van der Waals surface area contributed by atoms with Gasteiger partial charge in [0.2, 0.25) is 5.91 Å². The second-order valence-corrected chi connectivity index (χ2v) is 8.01. The lowest BCUT2D eigenvalue weighted by Crippen LogP contribution is -2.49. The number of amides is 3. The third-order valence-corrected chi connectivity index (χ3v) is 5.43. The normalized spacial score (nSPS) is 15.4. The Hall–Kier alpha value is -3.11. The molecule has 1 fully saturated rings. The van der Waals surface area contributed by atoms with Crippen molar-refractivity contribution in [2.24, 2.45) is 0 Å². The van der Waals surface area contributed by atoms with E-state index in [-0.39, 0.29) is 18.0 Å². The van der Waals surface area contributed by atoms with Gasteiger partial charge >= 0.3 is 12.2 Å². The minimum atomic E-state index is -4.46. The second kappa shape index (κ2) is 12.4. The van der Waals surface area contributed by atoms with Crippen LogP contribution in [0.4, 0.5) is 23.7 Å². The van der Waals surface area contributed by atoms with E-state index in [4.69, 9.17) is 4.74 Å². The lowest BCUT2D eigenvalue weighted by molar-refractivity contribution is -0.137. The summed E-state index contributed by atoms with van der Waals surface area (Å²) in [4.78, 5) is 27.6. The third kappa shape index (κ3) is 8.35. The Labute approximate surface area is 196 Å². The number of alkyl halides is 3. The summed E-state index contributed by atoms with van der Waals surface area (Å²) in [5.74, 6) is -0.326. The molecule has 0 aromatic heterocycles. The van der Waals surface area contributed by atoms with E-state index in [1.54, 1.807) is 0 Å². The average Bonchev–Trinajstić information content (AvgIpc) is 2.82. The van der Waals surface area contributed by atoms with E-state index in [1.807, 2.05) is 30.3 Å². The summed E-state index contributed by atoms with van der Waals surface area (Å²) in [6.07, 6.45) is -3.42. The highest BCUT2D eigenvalue weighted by molar-refractivity contribution is 5.93. The van der Waals surface area contributed by atoms with E-state index in [1.165, 1.54) is 12.1 Å². The van der Waals surface area contributed by atoms with Crippen LogP contribution in [0.15, 0.2) is 54.6 Å². The molecule has 3 N–H and O–H groups in total. The van der Waals surface area contributed by atoms with Crippen LogP contribution in [-0.2, 0) is 22.1 Å². The lowest BCUT2D eigenvalue weighted by atomic mass is 10.1. The lowest BCUT2D eigenvalue weighted by Gasteiger charge is -2.26. The molecule has 0 bridgehead atoms. The molecule has 3 rings (SSSR count). The Balaban J connectivity index is 1.54. The van der Waals surface area contributed by atoms with Gasteiger partial charge in [0.05, 0.1) is 18.8 Å². The number of nitrogens with zero attached hydrogens (tertiary/aromatic N) is 1. The van der Waals surface area contributed by atoms with Crippen LogP contribution in [0.5, 0.6) is 0 Å². The van der Waals surface area contributed by atoms with Gasteiger partial charge in [-0.2, -0.15) is 13.2 Å². The van der Waals surface area contributed by atoms with Gasteiger partial charge in [-0.3, -0.25) is 9.69 Å². The maximum absolute atomic E-state index is 12.8. The molecule has 1 atom stereocenters. The van der Waals surface area contributed by atoms with Gasteiger partial charge < -0.3 is 20.7 Å². The predicted octanol–water partition coefficient (Wildman–Crippen LogP) is 3.28. The first-order chi connectivity index (χ1) is 16.3. The van der Waals surface area contributed by atoms with Crippen LogP contribution in [-0.4, -0.2) is 62.3 Å². The highest BCUT2D eigenvalue weighted by Crippen LogP contribution is 2.29. The summed E-state index contributed by atoms with van der Waals surface area (Å²) in [7, 11) is 0. The highest BCUT2D eigenvalue weighted by atomic mass is 19.4. The molecule has 1 aliphatic rings. The number of rotatable bonds is 9. The largest absolute Gasteiger partial charge is 0.416 e. The first-order valence-corrected chi connectivity index (χ1v) is 11.2. The highest BCUT2D eigenvalue weighted by Gasteiger charge is 2.30. The van der Waals surface area contributed by atoms with E-state index >= 15 is 0 Å². The Bertz CT molecular complexity index is 917. The van der Waals surface area contributed by atoms with Crippen molar-refractivity contribution in [3.8, 4) is 0 Å². The van der Waals surface area contributed by atoms with Crippen molar-refractivity contribution in [1.82, 2.24) is 15.5 Å². The molecule has 34 heavy (non-hydrogen) atoms. The number of nitrogens with one attached hydrogen (secondary N) is 3. The number of halogens is 3. The first-order valence-electron chi connectivity index (χ1n) is 11.2. The van der Waals surface area contributed by atoms with Crippen molar-refractivity contribution in [2.75, 3.05) is 44.7 Å². The van der Waals surface area contributed by atoms with Crippen LogP contribution in [0.2, 0.25) is 0 Å². The van der Waals surface area contributed by atoms with E-state index in [2.05, 4.69) is 20.9 Å². The van der Waals surface area contributed by atoms with Crippen molar-refractivity contribution < 1.29 is 27.5 Å². The van der Waals surface area contributed by atoms with Crippen molar-refractivity contribution in [3.05, 3.63) is 65.7 Å². The summed E-state index contributed by atoms with van der Waals surface area (Å²) in [6, 6.07) is 11.8. The quantitative estimate of drug-likeness (QED) is 0.483. The number of morpholine rings is 1. The molecule has 1 saturated heterocycles. The molecule has 7 nitrogen and oxygen atoms in total. The number of anilines is 1. The third-order valence-electron chi connectivity index (χ3n) is 5.43. The topological polar surface area (TPSA) is 82.7 Å². The number of carbonyl (C=O) groups excluding carboxylic acids is 2. The van der Waals surface area contributed by atoms with Crippen molar-refractivity contribution in [1.29, 1.82) is 0 Å². The summed E-state index contributed by atoms with van der Waals surface area (Å²) < 4.78 is 43.5. The maximum atomic E-state index is 12.8. The molecule has 1 heterocycles. The smallest absolute Gasteiger partial charge is 0.379 e. The minimum Gasteiger partial charge on any atom is -0.379 e. The van der Waals surface area contributed by atoms with Gasteiger partial charge in [0.15, 0.2) is 0 Å². The Kier molecular flexibility index (Phi) is 9.29. The molecule has 0 aliphatic carbocycles. The molecule has 0 radical (unpaired) electrons. The summed E-state index contributed by atoms with van der Waals surface area (Å²) in [5.41, 5.74) is 0.248. The molecule has 0 saturated carbocycles. The maximum Gasteiger partial charge on any atom is 0.416 e. The standard InChI is InChI=1S/C24H29F3N4O3/c25-24(26,27)19-7-9-20(10-8-19)29-23(33)30-21(17-18-5-2-1-3-6-18)22(32)28-11-4-12-31-13-15-34-16-14-31/h1-3,5-10,21H,4,11-17H2,(H,28,32)(H2,29,30,33). The molecule has 0 spiro atoms. The van der Waals surface area contributed by atoms with Gasteiger partial charge in [0, 0.05) is 31.7 Å². The number of urea groups is 1. The zero-order chi connectivity index (χ0) is 24.4. The van der Waals surface area contributed by atoms with E-state index in [0.29, 0.717) is 19.8 Å².